The Labute approximate surface area is 138 Å². The van der Waals surface area contributed by atoms with Crippen LogP contribution in [0.15, 0.2) is 40.9 Å². The Bertz CT molecular complexity index is 634. The van der Waals surface area contributed by atoms with E-state index in [0.29, 0.717) is 16.5 Å². The van der Waals surface area contributed by atoms with E-state index < -0.39 is 0 Å². The standard InChI is InChI=1S/C16H17BrClNO2/c1-10(19-2)13-6-4-12(9-15(13)18)21-16-7-5-11(20-3)8-14(16)17/h4-10,19H,1-3H3. The maximum atomic E-state index is 6.30. The molecule has 3 nitrogen and oxygen atoms in total. The predicted molar refractivity (Wildman–Crippen MR) is 89.7 cm³/mol. The summed E-state index contributed by atoms with van der Waals surface area (Å²) in [5, 5.41) is 3.85. The molecule has 0 aliphatic rings. The minimum atomic E-state index is 0.194. The first-order valence-electron chi connectivity index (χ1n) is 6.53. The molecule has 0 spiro atoms. The van der Waals surface area contributed by atoms with E-state index in [0.717, 1.165) is 15.8 Å². The van der Waals surface area contributed by atoms with E-state index in [1.54, 1.807) is 7.11 Å². The third-order valence-electron chi connectivity index (χ3n) is 3.24. The Kier molecular flexibility index (Phi) is 5.51. The van der Waals surface area contributed by atoms with Crippen LogP contribution in [0.1, 0.15) is 18.5 Å². The zero-order valence-corrected chi connectivity index (χ0v) is 14.5. The molecule has 0 fully saturated rings. The van der Waals surface area contributed by atoms with Crippen molar-refractivity contribution >= 4 is 27.5 Å². The summed E-state index contributed by atoms with van der Waals surface area (Å²) in [6, 6.07) is 11.4. The van der Waals surface area contributed by atoms with Crippen LogP contribution in [0.25, 0.3) is 0 Å². The van der Waals surface area contributed by atoms with Gasteiger partial charge in [0.1, 0.15) is 17.2 Å². The van der Waals surface area contributed by atoms with Crippen LogP contribution in [-0.2, 0) is 0 Å². The maximum Gasteiger partial charge on any atom is 0.141 e. The number of ether oxygens (including phenoxy) is 2. The fourth-order valence-corrected chi connectivity index (χ4v) is 2.67. The maximum absolute atomic E-state index is 6.30. The molecule has 0 saturated heterocycles. The van der Waals surface area contributed by atoms with Gasteiger partial charge in [-0.1, -0.05) is 17.7 Å². The molecule has 2 rings (SSSR count). The van der Waals surface area contributed by atoms with Crippen LogP contribution in [0.3, 0.4) is 0 Å². The smallest absolute Gasteiger partial charge is 0.141 e. The highest BCUT2D eigenvalue weighted by atomic mass is 79.9. The molecule has 0 amide bonds. The highest BCUT2D eigenvalue weighted by molar-refractivity contribution is 9.10. The molecule has 21 heavy (non-hydrogen) atoms. The van der Waals surface area contributed by atoms with Crippen LogP contribution in [0.4, 0.5) is 0 Å². The van der Waals surface area contributed by atoms with E-state index in [1.165, 1.54) is 0 Å². The topological polar surface area (TPSA) is 30.5 Å². The average Bonchev–Trinajstić information content (AvgIpc) is 2.48. The van der Waals surface area contributed by atoms with Gasteiger partial charge in [0.05, 0.1) is 11.6 Å². The number of hydrogen-bond acceptors (Lipinski definition) is 3. The first kappa shape index (κ1) is 16.1. The van der Waals surface area contributed by atoms with Crippen molar-refractivity contribution in [3.05, 3.63) is 51.5 Å². The molecule has 0 aliphatic carbocycles. The van der Waals surface area contributed by atoms with Crippen LogP contribution >= 0.6 is 27.5 Å². The van der Waals surface area contributed by atoms with Crippen LogP contribution < -0.4 is 14.8 Å². The lowest BCUT2D eigenvalue weighted by Gasteiger charge is -2.14. The molecule has 2 aromatic carbocycles. The second-order valence-electron chi connectivity index (χ2n) is 4.59. The Hall–Kier alpha value is -1.23. The zero-order chi connectivity index (χ0) is 15.4. The SMILES string of the molecule is CNC(C)c1ccc(Oc2ccc(OC)cc2Br)cc1Cl. The van der Waals surface area contributed by atoms with E-state index in [-0.39, 0.29) is 6.04 Å². The molecule has 2 aromatic rings. The monoisotopic (exact) mass is 369 g/mol. The lowest BCUT2D eigenvalue weighted by atomic mass is 10.1. The molecule has 1 atom stereocenters. The number of rotatable bonds is 5. The predicted octanol–water partition coefficient (Wildman–Crippen LogP) is 5.18. The van der Waals surface area contributed by atoms with Gasteiger partial charge < -0.3 is 14.8 Å². The van der Waals surface area contributed by atoms with Crippen molar-refractivity contribution in [3.63, 3.8) is 0 Å². The molecule has 0 saturated carbocycles. The fourth-order valence-electron chi connectivity index (χ4n) is 1.90. The van der Waals surface area contributed by atoms with E-state index >= 15 is 0 Å². The fraction of sp³-hybridized carbons (Fsp3) is 0.250. The number of halogens is 2. The summed E-state index contributed by atoms with van der Waals surface area (Å²) in [4.78, 5) is 0. The summed E-state index contributed by atoms with van der Waals surface area (Å²) in [7, 11) is 3.53. The Morgan fingerprint density at radius 2 is 1.86 bits per heavy atom. The van der Waals surface area contributed by atoms with Crippen LogP contribution in [-0.4, -0.2) is 14.2 Å². The molecule has 0 aliphatic heterocycles. The van der Waals surface area contributed by atoms with E-state index in [9.17, 15) is 0 Å². The summed E-state index contributed by atoms with van der Waals surface area (Å²) in [6.45, 7) is 2.06. The van der Waals surface area contributed by atoms with E-state index in [2.05, 4.69) is 28.2 Å². The lowest BCUT2D eigenvalue weighted by Crippen LogP contribution is -2.12. The van der Waals surface area contributed by atoms with Gasteiger partial charge in [0.15, 0.2) is 0 Å². The van der Waals surface area contributed by atoms with Gasteiger partial charge in [-0.3, -0.25) is 0 Å². The Balaban J connectivity index is 2.22. The summed E-state index contributed by atoms with van der Waals surface area (Å²) in [6.07, 6.45) is 0. The highest BCUT2D eigenvalue weighted by Gasteiger charge is 2.10. The first-order valence-corrected chi connectivity index (χ1v) is 7.70. The van der Waals surface area contributed by atoms with Crippen molar-refractivity contribution in [2.24, 2.45) is 0 Å². The summed E-state index contributed by atoms with van der Waals surface area (Å²) < 4.78 is 11.8. The van der Waals surface area contributed by atoms with Gasteiger partial charge in [-0.05, 0) is 65.8 Å². The molecular weight excluding hydrogens is 354 g/mol. The van der Waals surface area contributed by atoms with Gasteiger partial charge in [0.2, 0.25) is 0 Å². The molecule has 0 bridgehead atoms. The number of benzene rings is 2. The zero-order valence-electron chi connectivity index (χ0n) is 12.1. The van der Waals surface area contributed by atoms with E-state index in [1.807, 2.05) is 43.4 Å². The molecular formula is C16H17BrClNO2. The second-order valence-corrected chi connectivity index (χ2v) is 5.85. The highest BCUT2D eigenvalue weighted by Crippen LogP contribution is 2.34. The summed E-state index contributed by atoms with van der Waals surface area (Å²) in [5.41, 5.74) is 1.04. The second kappa shape index (κ2) is 7.16. The van der Waals surface area contributed by atoms with Crippen molar-refractivity contribution in [3.8, 4) is 17.2 Å². The van der Waals surface area contributed by atoms with Crippen molar-refractivity contribution in [2.45, 2.75) is 13.0 Å². The minimum absolute atomic E-state index is 0.194. The number of methoxy groups -OCH3 is 1. The van der Waals surface area contributed by atoms with Gasteiger partial charge in [-0.2, -0.15) is 0 Å². The minimum Gasteiger partial charge on any atom is -0.497 e. The number of hydrogen-bond donors (Lipinski definition) is 1. The number of nitrogens with one attached hydrogen (secondary N) is 1. The van der Waals surface area contributed by atoms with E-state index in [4.69, 9.17) is 21.1 Å². The molecule has 0 aromatic heterocycles. The normalized spacial score (nSPS) is 12.0. The molecule has 0 radical (unpaired) electrons. The Morgan fingerprint density at radius 3 is 2.43 bits per heavy atom. The van der Waals surface area contributed by atoms with Gasteiger partial charge in [-0.15, -0.1) is 0 Å². The van der Waals surface area contributed by atoms with Gasteiger partial charge in [0.25, 0.3) is 0 Å². The largest absolute Gasteiger partial charge is 0.497 e. The Morgan fingerprint density at radius 1 is 1.14 bits per heavy atom. The van der Waals surface area contributed by atoms with Crippen LogP contribution in [0.2, 0.25) is 5.02 Å². The van der Waals surface area contributed by atoms with Crippen LogP contribution in [0.5, 0.6) is 17.2 Å². The molecule has 1 N–H and O–H groups in total. The first-order chi connectivity index (χ1) is 10.0. The molecule has 1 unspecified atom stereocenters. The summed E-state index contributed by atoms with van der Waals surface area (Å²) in [5.74, 6) is 2.17. The average molecular weight is 371 g/mol. The third-order valence-corrected chi connectivity index (χ3v) is 4.19. The molecule has 112 valence electrons. The van der Waals surface area contributed by atoms with Gasteiger partial charge in [-0.25, -0.2) is 0 Å². The van der Waals surface area contributed by atoms with Crippen molar-refractivity contribution in [2.75, 3.05) is 14.2 Å². The lowest BCUT2D eigenvalue weighted by molar-refractivity contribution is 0.412. The van der Waals surface area contributed by atoms with Gasteiger partial charge >= 0.3 is 0 Å². The van der Waals surface area contributed by atoms with Crippen LogP contribution in [0, 0.1) is 0 Å². The molecule has 0 heterocycles. The van der Waals surface area contributed by atoms with Crippen molar-refractivity contribution < 1.29 is 9.47 Å². The van der Waals surface area contributed by atoms with Crippen molar-refractivity contribution in [1.82, 2.24) is 5.32 Å². The molecule has 5 heteroatoms. The summed E-state index contributed by atoms with van der Waals surface area (Å²) >= 11 is 9.77. The quantitative estimate of drug-likeness (QED) is 0.786. The van der Waals surface area contributed by atoms with Crippen molar-refractivity contribution in [1.29, 1.82) is 0 Å². The third kappa shape index (κ3) is 3.90. The van der Waals surface area contributed by atoms with Gasteiger partial charge in [0, 0.05) is 11.1 Å².